The summed E-state index contributed by atoms with van der Waals surface area (Å²) in [5, 5.41) is 3.31. The average Bonchev–Trinajstić information content (AvgIpc) is 2.63. The quantitative estimate of drug-likeness (QED) is 0.823. The standard InChI is InChI=1S/C11H18N4O3S2/c1-2-7-20(17,18)9-10(12)14-19-11(9)15-5-3-8(16)13-4-6-15/h2-7H2,1H3,(H2,12,14)(H,13,16). The second-order valence-corrected chi connectivity index (χ2v) is 7.41. The zero-order valence-corrected chi connectivity index (χ0v) is 12.9. The van der Waals surface area contributed by atoms with Crippen LogP contribution in [0.15, 0.2) is 4.90 Å². The maximum Gasteiger partial charge on any atom is 0.221 e. The van der Waals surface area contributed by atoms with Crippen LogP contribution < -0.4 is 16.0 Å². The molecule has 1 aromatic heterocycles. The Bertz CT molecular complexity index is 597. The lowest BCUT2D eigenvalue weighted by Gasteiger charge is -2.20. The highest BCUT2D eigenvalue weighted by Gasteiger charge is 2.28. The van der Waals surface area contributed by atoms with E-state index in [0.717, 1.165) is 11.5 Å². The van der Waals surface area contributed by atoms with E-state index in [1.54, 1.807) is 0 Å². The number of nitrogens with one attached hydrogen (secondary N) is 1. The molecule has 112 valence electrons. The highest BCUT2D eigenvalue weighted by molar-refractivity contribution is 7.91. The number of sulfone groups is 1. The fraction of sp³-hybridized carbons (Fsp3) is 0.636. The molecule has 0 bridgehead atoms. The molecule has 0 unspecified atom stereocenters. The Morgan fingerprint density at radius 1 is 1.45 bits per heavy atom. The summed E-state index contributed by atoms with van der Waals surface area (Å²) in [6, 6.07) is 0. The van der Waals surface area contributed by atoms with E-state index in [9.17, 15) is 13.2 Å². The van der Waals surface area contributed by atoms with Gasteiger partial charge in [-0.05, 0) is 18.0 Å². The van der Waals surface area contributed by atoms with E-state index in [-0.39, 0.29) is 22.4 Å². The SMILES string of the molecule is CCCS(=O)(=O)c1c(N)nsc1N1CCNC(=O)CC1. The highest BCUT2D eigenvalue weighted by Crippen LogP contribution is 2.35. The Hall–Kier alpha value is -1.35. The lowest BCUT2D eigenvalue weighted by Crippen LogP contribution is -2.29. The van der Waals surface area contributed by atoms with E-state index < -0.39 is 9.84 Å². The van der Waals surface area contributed by atoms with Crippen LogP contribution in [-0.4, -0.2) is 44.1 Å². The Labute approximate surface area is 122 Å². The highest BCUT2D eigenvalue weighted by atomic mass is 32.2. The Kier molecular flexibility index (Phi) is 4.48. The molecule has 1 saturated heterocycles. The normalized spacial score (nSPS) is 16.9. The van der Waals surface area contributed by atoms with E-state index in [1.165, 1.54) is 0 Å². The van der Waals surface area contributed by atoms with E-state index >= 15 is 0 Å². The molecular weight excluding hydrogens is 300 g/mol. The maximum atomic E-state index is 12.3. The van der Waals surface area contributed by atoms with Gasteiger partial charge in [0.1, 0.15) is 9.90 Å². The summed E-state index contributed by atoms with van der Waals surface area (Å²) in [6.45, 7) is 3.33. The minimum Gasteiger partial charge on any atom is -0.382 e. The van der Waals surface area contributed by atoms with Crippen molar-refractivity contribution >= 4 is 38.1 Å². The molecule has 20 heavy (non-hydrogen) atoms. The summed E-state index contributed by atoms with van der Waals surface area (Å²) in [7, 11) is -3.43. The summed E-state index contributed by atoms with van der Waals surface area (Å²) in [6.07, 6.45) is 0.863. The van der Waals surface area contributed by atoms with Crippen LogP contribution in [-0.2, 0) is 14.6 Å². The van der Waals surface area contributed by atoms with Gasteiger partial charge in [0.05, 0.1) is 5.75 Å². The van der Waals surface area contributed by atoms with E-state index in [0.29, 0.717) is 37.5 Å². The number of hydrogen-bond donors (Lipinski definition) is 2. The fourth-order valence-electron chi connectivity index (χ4n) is 2.12. The van der Waals surface area contributed by atoms with Crippen LogP contribution in [0.4, 0.5) is 10.8 Å². The number of carbonyl (C=O) groups is 1. The average molecular weight is 318 g/mol. The molecule has 1 aromatic rings. The van der Waals surface area contributed by atoms with Gasteiger partial charge in [-0.2, -0.15) is 4.37 Å². The van der Waals surface area contributed by atoms with Crippen LogP contribution in [0.1, 0.15) is 19.8 Å². The lowest BCUT2D eigenvalue weighted by atomic mass is 10.4. The van der Waals surface area contributed by atoms with Gasteiger partial charge in [-0.1, -0.05) is 6.92 Å². The van der Waals surface area contributed by atoms with Crippen molar-refractivity contribution in [1.82, 2.24) is 9.69 Å². The second kappa shape index (κ2) is 5.96. The molecule has 0 aliphatic carbocycles. The van der Waals surface area contributed by atoms with Crippen molar-refractivity contribution < 1.29 is 13.2 Å². The molecule has 2 rings (SSSR count). The first-order valence-corrected chi connectivity index (χ1v) is 8.88. The molecular formula is C11H18N4O3S2. The summed E-state index contributed by atoms with van der Waals surface area (Å²) < 4.78 is 28.6. The predicted octanol–water partition coefficient (Wildman–Crippen LogP) is 0.235. The van der Waals surface area contributed by atoms with Gasteiger partial charge in [0.25, 0.3) is 0 Å². The molecule has 2 heterocycles. The van der Waals surface area contributed by atoms with Crippen molar-refractivity contribution in [2.24, 2.45) is 0 Å². The van der Waals surface area contributed by atoms with Gasteiger partial charge in [-0.15, -0.1) is 0 Å². The van der Waals surface area contributed by atoms with Crippen molar-refractivity contribution in [3.8, 4) is 0 Å². The fourth-order valence-corrected chi connectivity index (χ4v) is 4.93. The van der Waals surface area contributed by atoms with Crippen LogP contribution in [0.3, 0.4) is 0 Å². The third kappa shape index (κ3) is 3.04. The minimum atomic E-state index is -3.43. The number of anilines is 2. The van der Waals surface area contributed by atoms with Crippen LogP contribution in [0, 0.1) is 0 Å². The minimum absolute atomic E-state index is 0.0250. The van der Waals surface area contributed by atoms with Gasteiger partial charge < -0.3 is 16.0 Å². The van der Waals surface area contributed by atoms with E-state index in [2.05, 4.69) is 9.69 Å². The molecule has 0 spiro atoms. The van der Waals surface area contributed by atoms with E-state index in [4.69, 9.17) is 5.73 Å². The third-order valence-electron chi connectivity index (χ3n) is 3.04. The smallest absolute Gasteiger partial charge is 0.221 e. The number of rotatable bonds is 4. The molecule has 3 N–H and O–H groups in total. The summed E-state index contributed by atoms with van der Waals surface area (Å²) in [5.74, 6) is 0.0816. The number of aromatic nitrogens is 1. The van der Waals surface area contributed by atoms with Crippen LogP contribution in [0.2, 0.25) is 0 Å². The maximum absolute atomic E-state index is 12.3. The molecule has 9 heteroatoms. The molecule has 0 atom stereocenters. The number of nitrogens with two attached hydrogens (primary N) is 1. The van der Waals surface area contributed by atoms with Crippen molar-refractivity contribution in [3.63, 3.8) is 0 Å². The zero-order valence-electron chi connectivity index (χ0n) is 11.3. The van der Waals surface area contributed by atoms with E-state index in [1.807, 2.05) is 11.8 Å². The zero-order chi connectivity index (χ0) is 14.8. The predicted molar refractivity (Wildman–Crippen MR) is 78.7 cm³/mol. The monoisotopic (exact) mass is 318 g/mol. The summed E-state index contributed by atoms with van der Waals surface area (Å²) in [4.78, 5) is 13.3. The summed E-state index contributed by atoms with van der Waals surface area (Å²) in [5.41, 5.74) is 5.74. The molecule has 0 aromatic carbocycles. The van der Waals surface area contributed by atoms with Gasteiger partial charge in [0.2, 0.25) is 5.91 Å². The first-order chi connectivity index (χ1) is 9.45. The molecule has 1 amide bonds. The van der Waals surface area contributed by atoms with Crippen LogP contribution in [0.25, 0.3) is 0 Å². The Morgan fingerprint density at radius 2 is 2.20 bits per heavy atom. The molecule has 0 radical (unpaired) electrons. The first kappa shape index (κ1) is 15.0. The largest absolute Gasteiger partial charge is 0.382 e. The first-order valence-electron chi connectivity index (χ1n) is 6.45. The Balaban J connectivity index is 2.36. The number of amides is 1. The van der Waals surface area contributed by atoms with Gasteiger partial charge in [-0.3, -0.25) is 4.79 Å². The lowest BCUT2D eigenvalue weighted by molar-refractivity contribution is -0.120. The molecule has 1 fully saturated rings. The van der Waals surface area contributed by atoms with Crippen molar-refractivity contribution in [1.29, 1.82) is 0 Å². The molecule has 1 aliphatic rings. The van der Waals surface area contributed by atoms with Gasteiger partial charge in [0.15, 0.2) is 15.7 Å². The van der Waals surface area contributed by atoms with Gasteiger partial charge in [-0.25, -0.2) is 8.42 Å². The number of hydrogen-bond acceptors (Lipinski definition) is 7. The topological polar surface area (TPSA) is 105 Å². The van der Waals surface area contributed by atoms with Crippen LogP contribution in [0.5, 0.6) is 0 Å². The summed E-state index contributed by atoms with van der Waals surface area (Å²) >= 11 is 1.08. The molecule has 0 saturated carbocycles. The van der Waals surface area contributed by atoms with Gasteiger partial charge in [0, 0.05) is 26.1 Å². The van der Waals surface area contributed by atoms with Crippen molar-refractivity contribution in [3.05, 3.63) is 0 Å². The third-order valence-corrected chi connectivity index (χ3v) is 6.06. The Morgan fingerprint density at radius 3 is 2.90 bits per heavy atom. The van der Waals surface area contributed by atoms with Gasteiger partial charge >= 0.3 is 0 Å². The number of nitrogens with zero attached hydrogens (tertiary/aromatic N) is 2. The van der Waals surface area contributed by atoms with Crippen molar-refractivity contribution in [2.45, 2.75) is 24.7 Å². The molecule has 1 aliphatic heterocycles. The van der Waals surface area contributed by atoms with Crippen LogP contribution >= 0.6 is 11.5 Å². The number of nitrogen functional groups attached to an aromatic ring is 1. The van der Waals surface area contributed by atoms with Crippen molar-refractivity contribution in [2.75, 3.05) is 36.0 Å². The second-order valence-electron chi connectivity index (χ2n) is 4.61. The number of carbonyl (C=O) groups excluding carboxylic acids is 1. The molecule has 7 nitrogen and oxygen atoms in total.